The van der Waals surface area contributed by atoms with E-state index in [4.69, 9.17) is 0 Å². The third-order valence-corrected chi connectivity index (χ3v) is 4.30. The van der Waals surface area contributed by atoms with Crippen molar-refractivity contribution in [1.82, 2.24) is 19.7 Å². The summed E-state index contributed by atoms with van der Waals surface area (Å²) in [4.78, 5) is 16.1. The number of carbonyl (C=O) groups is 1. The van der Waals surface area contributed by atoms with Gasteiger partial charge in [-0.2, -0.15) is 0 Å². The molecule has 0 bridgehead atoms. The Morgan fingerprint density at radius 3 is 2.76 bits per heavy atom. The molecule has 0 fully saturated rings. The molecule has 0 aliphatic rings. The SMILES string of the molecule is C=CCn1c(SCC(=O)Nc2cccnc2)nnc1-c1ccccc1. The second-order valence-electron chi connectivity index (χ2n) is 5.15. The van der Waals surface area contributed by atoms with Gasteiger partial charge in [0.1, 0.15) is 0 Å². The lowest BCUT2D eigenvalue weighted by Crippen LogP contribution is -2.14. The zero-order valence-corrected chi connectivity index (χ0v) is 14.3. The maximum absolute atomic E-state index is 12.1. The van der Waals surface area contributed by atoms with Crippen LogP contribution in [0.4, 0.5) is 5.69 Å². The first-order valence-electron chi connectivity index (χ1n) is 7.70. The Balaban J connectivity index is 1.71. The van der Waals surface area contributed by atoms with E-state index in [1.165, 1.54) is 11.8 Å². The quantitative estimate of drug-likeness (QED) is 0.522. The summed E-state index contributed by atoms with van der Waals surface area (Å²) in [6, 6.07) is 13.4. The number of aromatic nitrogens is 4. The van der Waals surface area contributed by atoms with E-state index in [-0.39, 0.29) is 11.7 Å². The molecule has 0 spiro atoms. The highest BCUT2D eigenvalue weighted by Crippen LogP contribution is 2.24. The smallest absolute Gasteiger partial charge is 0.234 e. The monoisotopic (exact) mass is 351 g/mol. The van der Waals surface area contributed by atoms with Crippen LogP contribution in [0.15, 0.2) is 72.7 Å². The molecule has 0 aliphatic heterocycles. The van der Waals surface area contributed by atoms with Crippen molar-refractivity contribution in [3.63, 3.8) is 0 Å². The summed E-state index contributed by atoms with van der Waals surface area (Å²) in [5.74, 6) is 0.877. The van der Waals surface area contributed by atoms with Crippen molar-refractivity contribution in [2.45, 2.75) is 11.7 Å². The third kappa shape index (κ3) is 4.33. The molecule has 2 heterocycles. The fourth-order valence-electron chi connectivity index (χ4n) is 2.25. The molecule has 6 nitrogen and oxygen atoms in total. The van der Waals surface area contributed by atoms with Crippen molar-refractivity contribution in [2.24, 2.45) is 0 Å². The molecule has 25 heavy (non-hydrogen) atoms. The molecule has 0 unspecified atom stereocenters. The van der Waals surface area contributed by atoms with E-state index in [1.807, 2.05) is 34.9 Å². The molecule has 2 aromatic heterocycles. The summed E-state index contributed by atoms with van der Waals surface area (Å²) in [5, 5.41) is 12.0. The number of amides is 1. The number of nitrogens with zero attached hydrogens (tertiary/aromatic N) is 4. The van der Waals surface area contributed by atoms with Crippen molar-refractivity contribution in [3.05, 3.63) is 67.5 Å². The van der Waals surface area contributed by atoms with Crippen LogP contribution in [-0.4, -0.2) is 31.4 Å². The fourth-order valence-corrected chi connectivity index (χ4v) is 3.00. The van der Waals surface area contributed by atoms with Crippen LogP contribution in [-0.2, 0) is 11.3 Å². The summed E-state index contributed by atoms with van der Waals surface area (Å²) in [6.07, 6.45) is 5.05. The second kappa shape index (κ2) is 8.25. The first-order chi connectivity index (χ1) is 12.3. The summed E-state index contributed by atoms with van der Waals surface area (Å²) < 4.78 is 1.95. The number of benzene rings is 1. The molecule has 126 valence electrons. The van der Waals surface area contributed by atoms with Gasteiger partial charge in [-0.3, -0.25) is 14.3 Å². The number of allylic oxidation sites excluding steroid dienone is 1. The summed E-state index contributed by atoms with van der Waals surface area (Å²) >= 11 is 1.34. The molecule has 3 aromatic rings. The Kier molecular flexibility index (Phi) is 5.58. The topological polar surface area (TPSA) is 72.7 Å². The maximum atomic E-state index is 12.1. The zero-order chi connectivity index (χ0) is 17.5. The number of hydrogen-bond donors (Lipinski definition) is 1. The molecular formula is C18H17N5OS. The highest BCUT2D eigenvalue weighted by molar-refractivity contribution is 7.99. The number of hydrogen-bond acceptors (Lipinski definition) is 5. The number of anilines is 1. The first-order valence-corrected chi connectivity index (χ1v) is 8.68. The Bertz CT molecular complexity index is 848. The molecule has 0 saturated carbocycles. The summed E-state index contributed by atoms with van der Waals surface area (Å²) in [5.41, 5.74) is 1.65. The van der Waals surface area contributed by atoms with Crippen LogP contribution < -0.4 is 5.32 Å². The Morgan fingerprint density at radius 2 is 2.04 bits per heavy atom. The van der Waals surface area contributed by atoms with Crippen LogP contribution in [0, 0.1) is 0 Å². The molecule has 0 atom stereocenters. The minimum absolute atomic E-state index is 0.118. The molecule has 1 N–H and O–H groups in total. The average molecular weight is 351 g/mol. The van der Waals surface area contributed by atoms with Gasteiger partial charge in [0.05, 0.1) is 17.6 Å². The van der Waals surface area contributed by atoms with E-state index in [1.54, 1.807) is 30.6 Å². The van der Waals surface area contributed by atoms with Crippen LogP contribution >= 0.6 is 11.8 Å². The normalized spacial score (nSPS) is 10.4. The molecule has 0 aliphatic carbocycles. The second-order valence-corrected chi connectivity index (χ2v) is 6.09. The predicted octanol–water partition coefficient (Wildman–Crippen LogP) is 3.26. The number of nitrogens with one attached hydrogen (secondary N) is 1. The van der Waals surface area contributed by atoms with E-state index in [0.29, 0.717) is 17.4 Å². The zero-order valence-electron chi connectivity index (χ0n) is 13.5. The van der Waals surface area contributed by atoms with Gasteiger partial charge in [0.25, 0.3) is 0 Å². The Hall–Kier alpha value is -2.93. The van der Waals surface area contributed by atoms with E-state index < -0.39 is 0 Å². The third-order valence-electron chi connectivity index (χ3n) is 3.34. The lowest BCUT2D eigenvalue weighted by molar-refractivity contribution is -0.113. The molecular weight excluding hydrogens is 334 g/mol. The minimum atomic E-state index is -0.118. The van der Waals surface area contributed by atoms with Gasteiger partial charge in [0.15, 0.2) is 11.0 Å². The van der Waals surface area contributed by atoms with Gasteiger partial charge in [-0.1, -0.05) is 48.2 Å². The van der Waals surface area contributed by atoms with Crippen LogP contribution in [0.25, 0.3) is 11.4 Å². The number of thioether (sulfide) groups is 1. The van der Waals surface area contributed by atoms with E-state index in [2.05, 4.69) is 27.1 Å². The number of carbonyl (C=O) groups excluding carboxylic acids is 1. The maximum Gasteiger partial charge on any atom is 0.234 e. The van der Waals surface area contributed by atoms with Gasteiger partial charge in [0, 0.05) is 18.3 Å². The predicted molar refractivity (Wildman–Crippen MR) is 99.2 cm³/mol. The lowest BCUT2D eigenvalue weighted by Gasteiger charge is -2.08. The standard InChI is InChI=1S/C18H17N5OS/c1-2-11-23-17(14-7-4-3-5-8-14)21-22-18(23)25-13-16(24)20-15-9-6-10-19-12-15/h2-10,12H,1,11,13H2,(H,20,24). The Morgan fingerprint density at radius 1 is 1.20 bits per heavy atom. The Labute approximate surface area is 150 Å². The largest absolute Gasteiger partial charge is 0.324 e. The first kappa shape index (κ1) is 16.9. The van der Waals surface area contributed by atoms with Gasteiger partial charge in [0.2, 0.25) is 5.91 Å². The highest BCUT2D eigenvalue weighted by atomic mass is 32.2. The molecule has 3 rings (SSSR count). The lowest BCUT2D eigenvalue weighted by atomic mass is 10.2. The van der Waals surface area contributed by atoms with Crippen molar-refractivity contribution in [1.29, 1.82) is 0 Å². The number of rotatable bonds is 7. The van der Waals surface area contributed by atoms with E-state index >= 15 is 0 Å². The minimum Gasteiger partial charge on any atom is -0.324 e. The fraction of sp³-hybridized carbons (Fsp3) is 0.111. The molecule has 0 saturated heterocycles. The average Bonchev–Trinajstić information content (AvgIpc) is 3.05. The summed E-state index contributed by atoms with van der Waals surface area (Å²) in [6.45, 7) is 4.36. The molecule has 1 aromatic carbocycles. The van der Waals surface area contributed by atoms with Gasteiger partial charge < -0.3 is 5.32 Å². The van der Waals surface area contributed by atoms with Crippen LogP contribution in [0.1, 0.15) is 0 Å². The number of pyridine rings is 1. The van der Waals surface area contributed by atoms with Crippen LogP contribution in [0.3, 0.4) is 0 Å². The highest BCUT2D eigenvalue weighted by Gasteiger charge is 2.14. The van der Waals surface area contributed by atoms with Crippen molar-refractivity contribution >= 4 is 23.4 Å². The molecule has 1 amide bonds. The van der Waals surface area contributed by atoms with Crippen molar-refractivity contribution in [2.75, 3.05) is 11.1 Å². The van der Waals surface area contributed by atoms with E-state index in [0.717, 1.165) is 11.4 Å². The van der Waals surface area contributed by atoms with Gasteiger partial charge >= 0.3 is 0 Å². The molecule has 7 heteroatoms. The summed E-state index contributed by atoms with van der Waals surface area (Å²) in [7, 11) is 0. The van der Waals surface area contributed by atoms with Crippen molar-refractivity contribution < 1.29 is 4.79 Å². The van der Waals surface area contributed by atoms with Gasteiger partial charge in [-0.15, -0.1) is 16.8 Å². The van der Waals surface area contributed by atoms with Crippen LogP contribution in [0.5, 0.6) is 0 Å². The van der Waals surface area contributed by atoms with Gasteiger partial charge in [-0.05, 0) is 12.1 Å². The van der Waals surface area contributed by atoms with E-state index in [9.17, 15) is 4.79 Å². The molecule has 0 radical (unpaired) electrons. The van der Waals surface area contributed by atoms with Crippen LogP contribution in [0.2, 0.25) is 0 Å². The van der Waals surface area contributed by atoms with Crippen molar-refractivity contribution in [3.8, 4) is 11.4 Å². The van der Waals surface area contributed by atoms with Gasteiger partial charge in [-0.25, -0.2) is 0 Å².